The van der Waals surface area contributed by atoms with Crippen LogP contribution < -0.4 is 0 Å². The molecule has 5 rings (SSSR count). The van der Waals surface area contributed by atoms with E-state index in [1.165, 1.54) is 34.6 Å². The highest BCUT2D eigenvalue weighted by Gasteiger charge is 2.49. The van der Waals surface area contributed by atoms with Crippen molar-refractivity contribution in [3.05, 3.63) is 91.0 Å². The Bertz CT molecular complexity index is 921. The molecule has 2 atom stereocenters. The summed E-state index contributed by atoms with van der Waals surface area (Å²) in [5, 5.41) is 0. The van der Waals surface area contributed by atoms with Gasteiger partial charge in [-0.15, -0.1) is 0 Å². The Morgan fingerprint density at radius 2 is 1.09 bits per heavy atom. The molecule has 0 heterocycles. The molecule has 0 amide bonds. The number of benzene rings is 3. The monoisotopic (exact) mass is 473 g/mol. The average Bonchev–Trinajstić information content (AvgIpc) is 2.85. The van der Waals surface area contributed by atoms with Crippen molar-refractivity contribution in [1.29, 1.82) is 0 Å². The van der Waals surface area contributed by atoms with Crippen molar-refractivity contribution >= 4 is 16.9 Å². The first-order valence-electron chi connectivity index (χ1n) is 12.5. The van der Waals surface area contributed by atoms with Gasteiger partial charge in [-0.25, -0.2) is 0 Å². The lowest BCUT2D eigenvalue weighted by atomic mass is 9.57. The molecule has 0 spiro atoms. The molecule has 3 aromatic rings. The van der Waals surface area contributed by atoms with Crippen LogP contribution in [-0.2, 0) is 20.4 Å². The van der Waals surface area contributed by atoms with Gasteiger partial charge in [-0.05, 0) is 86.3 Å². The molecular weight excluding hydrogens is 436 g/mol. The SMILES string of the molecule is COC(=O)C12CC(C)CC(CC(C)C1)C2.c1ccc([S+](c2ccccc2)c2ccccc2)cc1. The predicted molar refractivity (Wildman–Crippen MR) is 141 cm³/mol. The van der Waals surface area contributed by atoms with Gasteiger partial charge in [-0.3, -0.25) is 4.79 Å². The molecule has 0 aliphatic heterocycles. The third kappa shape index (κ3) is 5.75. The highest BCUT2D eigenvalue weighted by molar-refractivity contribution is 7.97. The smallest absolute Gasteiger partial charge is 0.311 e. The quantitative estimate of drug-likeness (QED) is 0.285. The minimum absolute atomic E-state index is 0.0146. The second-order valence-electron chi connectivity index (χ2n) is 10.2. The van der Waals surface area contributed by atoms with Crippen molar-refractivity contribution in [1.82, 2.24) is 0 Å². The Labute approximate surface area is 208 Å². The summed E-state index contributed by atoms with van der Waals surface area (Å²) < 4.78 is 5.02. The fourth-order valence-corrected chi connectivity index (χ4v) is 8.35. The maximum absolute atomic E-state index is 12.0. The number of methoxy groups -OCH3 is 1. The number of hydrogen-bond acceptors (Lipinski definition) is 2. The number of hydrogen-bond donors (Lipinski definition) is 0. The number of fused-ring (bicyclic) bond motifs is 2. The molecule has 2 unspecified atom stereocenters. The van der Waals surface area contributed by atoms with Gasteiger partial charge in [0.25, 0.3) is 0 Å². The summed E-state index contributed by atoms with van der Waals surface area (Å²) in [5.41, 5.74) is -0.130. The zero-order chi connectivity index (χ0) is 24.0. The number of carbonyl (C=O) groups excluding carboxylic acids is 1. The van der Waals surface area contributed by atoms with Gasteiger partial charge in [0.15, 0.2) is 14.7 Å². The van der Waals surface area contributed by atoms with Crippen molar-refractivity contribution < 1.29 is 9.53 Å². The van der Waals surface area contributed by atoms with E-state index in [1.54, 1.807) is 0 Å². The standard InChI is InChI=1S/C18H15S.C13H22O2/c1-4-10-16(11-5-1)19(17-12-6-2-7-13-17)18-14-8-3-9-15-18;1-9-4-11-5-10(2)7-13(6-9,8-11)12(14)15-3/h1-15H;9-11H,4-8H2,1-3H3/q+1;. The van der Waals surface area contributed by atoms with Crippen LogP contribution in [0.1, 0.15) is 46.0 Å². The molecule has 0 radical (unpaired) electrons. The van der Waals surface area contributed by atoms with Crippen LogP contribution in [0.4, 0.5) is 0 Å². The summed E-state index contributed by atoms with van der Waals surface area (Å²) in [4.78, 5) is 16.1. The molecule has 0 aromatic heterocycles. The number of carbonyl (C=O) groups is 1. The molecule has 2 aliphatic rings. The molecular formula is C31H37O2S+. The zero-order valence-electron chi connectivity index (χ0n) is 20.7. The van der Waals surface area contributed by atoms with E-state index in [0.717, 1.165) is 25.2 Å². The molecule has 2 saturated carbocycles. The first-order chi connectivity index (χ1) is 16.5. The third-order valence-electron chi connectivity index (χ3n) is 7.18. The molecule has 2 fully saturated rings. The normalized spacial score (nSPS) is 25.7. The lowest BCUT2D eigenvalue weighted by Gasteiger charge is -2.47. The van der Waals surface area contributed by atoms with Crippen LogP contribution in [-0.4, -0.2) is 13.1 Å². The van der Waals surface area contributed by atoms with Gasteiger partial charge in [0.05, 0.1) is 23.4 Å². The molecule has 3 aromatic carbocycles. The average molecular weight is 474 g/mol. The van der Waals surface area contributed by atoms with Crippen molar-refractivity contribution in [2.75, 3.05) is 7.11 Å². The molecule has 2 nitrogen and oxygen atoms in total. The van der Waals surface area contributed by atoms with Crippen LogP contribution in [0.25, 0.3) is 0 Å². The van der Waals surface area contributed by atoms with Gasteiger partial charge < -0.3 is 4.74 Å². The number of rotatable bonds is 4. The van der Waals surface area contributed by atoms with Crippen LogP contribution in [0.5, 0.6) is 0 Å². The Hall–Kier alpha value is -2.52. The Balaban J connectivity index is 0.000000166. The summed E-state index contributed by atoms with van der Waals surface area (Å²) in [6.07, 6.45) is 5.78. The summed E-state index contributed by atoms with van der Waals surface area (Å²) in [6, 6.07) is 32.2. The molecule has 34 heavy (non-hydrogen) atoms. The van der Waals surface area contributed by atoms with Crippen LogP contribution in [0.3, 0.4) is 0 Å². The zero-order valence-corrected chi connectivity index (χ0v) is 21.5. The minimum Gasteiger partial charge on any atom is -0.469 e. The van der Waals surface area contributed by atoms with Crippen LogP contribution >= 0.6 is 0 Å². The summed E-state index contributed by atoms with van der Waals surface area (Å²) in [6.45, 7) is 4.56. The lowest BCUT2D eigenvalue weighted by Crippen LogP contribution is -2.45. The Morgan fingerprint density at radius 1 is 0.706 bits per heavy atom. The number of esters is 1. The summed E-state index contributed by atoms with van der Waals surface area (Å²) in [5.74, 6) is 2.19. The molecule has 3 heteroatoms. The van der Waals surface area contributed by atoms with Crippen molar-refractivity contribution in [2.45, 2.75) is 60.6 Å². The van der Waals surface area contributed by atoms with Gasteiger partial charge in [-0.1, -0.05) is 68.4 Å². The van der Waals surface area contributed by atoms with E-state index in [-0.39, 0.29) is 22.3 Å². The maximum Gasteiger partial charge on any atom is 0.311 e. The minimum atomic E-state index is -0.130. The van der Waals surface area contributed by atoms with Gasteiger partial charge >= 0.3 is 5.97 Å². The number of ether oxygens (including phenoxy) is 1. The predicted octanol–water partition coefficient (Wildman–Crippen LogP) is 7.79. The highest BCUT2D eigenvalue weighted by Crippen LogP contribution is 2.53. The maximum atomic E-state index is 12.0. The molecule has 0 saturated heterocycles. The molecule has 178 valence electrons. The van der Waals surface area contributed by atoms with Gasteiger partial charge in [0.1, 0.15) is 0 Å². The summed E-state index contributed by atoms with van der Waals surface area (Å²) in [7, 11) is 1.52. The van der Waals surface area contributed by atoms with Crippen molar-refractivity contribution in [3.63, 3.8) is 0 Å². The largest absolute Gasteiger partial charge is 0.469 e. The topological polar surface area (TPSA) is 26.3 Å². The van der Waals surface area contributed by atoms with Crippen LogP contribution in [0, 0.1) is 23.2 Å². The van der Waals surface area contributed by atoms with E-state index in [0.29, 0.717) is 11.8 Å². The van der Waals surface area contributed by atoms with Crippen LogP contribution in [0.15, 0.2) is 106 Å². The Morgan fingerprint density at radius 3 is 1.44 bits per heavy atom. The highest BCUT2D eigenvalue weighted by atomic mass is 32.2. The van der Waals surface area contributed by atoms with E-state index in [4.69, 9.17) is 4.74 Å². The van der Waals surface area contributed by atoms with Gasteiger partial charge in [0.2, 0.25) is 0 Å². The van der Waals surface area contributed by atoms with E-state index >= 15 is 0 Å². The second kappa shape index (κ2) is 11.3. The van der Waals surface area contributed by atoms with Gasteiger partial charge in [0, 0.05) is 0 Å². The lowest BCUT2D eigenvalue weighted by molar-refractivity contribution is -0.162. The molecule has 2 aliphatic carbocycles. The van der Waals surface area contributed by atoms with E-state index in [9.17, 15) is 4.79 Å². The fourth-order valence-electron chi connectivity index (χ4n) is 6.25. The summed E-state index contributed by atoms with van der Waals surface area (Å²) >= 11 is 0. The first-order valence-corrected chi connectivity index (χ1v) is 13.7. The molecule has 2 bridgehead atoms. The third-order valence-corrected chi connectivity index (χ3v) is 9.42. The van der Waals surface area contributed by atoms with E-state index < -0.39 is 0 Å². The molecule has 0 N–H and O–H groups in total. The van der Waals surface area contributed by atoms with E-state index in [2.05, 4.69) is 105 Å². The van der Waals surface area contributed by atoms with E-state index in [1.807, 2.05) is 0 Å². The van der Waals surface area contributed by atoms with Crippen molar-refractivity contribution in [2.24, 2.45) is 23.2 Å². The first kappa shape index (κ1) is 24.6. The fraction of sp³-hybridized carbons (Fsp3) is 0.387. The Kier molecular flexibility index (Phi) is 8.15. The van der Waals surface area contributed by atoms with Gasteiger partial charge in [-0.2, -0.15) is 0 Å². The second-order valence-corrected chi connectivity index (χ2v) is 12.2. The van der Waals surface area contributed by atoms with Crippen molar-refractivity contribution in [3.8, 4) is 0 Å². The van der Waals surface area contributed by atoms with Crippen LogP contribution in [0.2, 0.25) is 0 Å².